The first-order valence-corrected chi connectivity index (χ1v) is 4.98. The standard InChI is InChI=1S/C9H9IN2O/c1-5-7(13-2)4-12-9-8(5)6(10)3-11-9/h3-4H,1-2H3,(H,11,12). The van der Waals surface area contributed by atoms with Crippen molar-refractivity contribution in [3.05, 3.63) is 21.5 Å². The van der Waals surface area contributed by atoms with Gasteiger partial charge in [0.05, 0.1) is 13.3 Å². The van der Waals surface area contributed by atoms with Crippen LogP contribution in [-0.2, 0) is 0 Å². The molecular formula is C9H9IN2O. The highest BCUT2D eigenvalue weighted by Gasteiger charge is 2.08. The Hall–Kier alpha value is -0.780. The van der Waals surface area contributed by atoms with Gasteiger partial charge in [-0.3, -0.25) is 0 Å². The van der Waals surface area contributed by atoms with E-state index in [0.717, 1.165) is 22.3 Å². The molecular weight excluding hydrogens is 279 g/mol. The number of rotatable bonds is 1. The Kier molecular flexibility index (Phi) is 2.15. The molecule has 2 heterocycles. The fourth-order valence-corrected chi connectivity index (χ4v) is 2.21. The minimum Gasteiger partial charge on any atom is -0.495 e. The molecule has 0 bridgehead atoms. The first kappa shape index (κ1) is 8.80. The summed E-state index contributed by atoms with van der Waals surface area (Å²) in [5, 5.41) is 1.15. The molecule has 4 heteroatoms. The van der Waals surface area contributed by atoms with Crippen LogP contribution in [0.4, 0.5) is 0 Å². The number of H-pyrrole nitrogens is 1. The van der Waals surface area contributed by atoms with Crippen LogP contribution in [0.15, 0.2) is 12.4 Å². The SMILES string of the molecule is COc1cnc2[nH]cc(I)c2c1C. The maximum absolute atomic E-state index is 5.20. The minimum atomic E-state index is 0.838. The third kappa shape index (κ3) is 1.29. The van der Waals surface area contributed by atoms with Crippen LogP contribution in [0.1, 0.15) is 5.56 Å². The Morgan fingerprint density at radius 1 is 1.54 bits per heavy atom. The average Bonchev–Trinajstić information content (AvgIpc) is 2.49. The van der Waals surface area contributed by atoms with Crippen LogP contribution in [0.5, 0.6) is 5.75 Å². The molecule has 68 valence electrons. The lowest BCUT2D eigenvalue weighted by molar-refractivity contribution is 0.411. The third-order valence-corrected chi connectivity index (χ3v) is 2.94. The summed E-state index contributed by atoms with van der Waals surface area (Å²) in [6.07, 6.45) is 3.69. The zero-order valence-corrected chi connectivity index (χ0v) is 9.55. The number of halogens is 1. The van der Waals surface area contributed by atoms with Gasteiger partial charge in [0, 0.05) is 20.7 Å². The molecule has 1 N–H and O–H groups in total. The van der Waals surface area contributed by atoms with Crippen LogP contribution in [0, 0.1) is 10.5 Å². The highest BCUT2D eigenvalue weighted by Crippen LogP contribution is 2.28. The van der Waals surface area contributed by atoms with Gasteiger partial charge < -0.3 is 9.72 Å². The van der Waals surface area contributed by atoms with Gasteiger partial charge in [-0.1, -0.05) is 0 Å². The number of nitrogens with zero attached hydrogens (tertiary/aromatic N) is 1. The second kappa shape index (κ2) is 3.17. The fourth-order valence-electron chi connectivity index (χ4n) is 1.40. The van der Waals surface area contributed by atoms with Gasteiger partial charge in [0.1, 0.15) is 11.4 Å². The summed E-state index contributed by atoms with van der Waals surface area (Å²) in [6.45, 7) is 2.04. The summed E-state index contributed by atoms with van der Waals surface area (Å²) >= 11 is 2.29. The monoisotopic (exact) mass is 288 g/mol. The third-order valence-electron chi connectivity index (χ3n) is 2.09. The smallest absolute Gasteiger partial charge is 0.140 e. The number of pyridine rings is 1. The Bertz CT molecular complexity index is 450. The van der Waals surface area contributed by atoms with E-state index in [1.807, 2.05) is 13.1 Å². The second-order valence-corrected chi connectivity index (χ2v) is 3.97. The first-order valence-electron chi connectivity index (χ1n) is 3.90. The first-order chi connectivity index (χ1) is 6.24. The van der Waals surface area contributed by atoms with Crippen molar-refractivity contribution in [3.63, 3.8) is 0 Å². The van der Waals surface area contributed by atoms with Crippen molar-refractivity contribution in [1.29, 1.82) is 0 Å². The highest BCUT2D eigenvalue weighted by molar-refractivity contribution is 14.1. The topological polar surface area (TPSA) is 37.9 Å². The summed E-state index contributed by atoms with van der Waals surface area (Å²) in [6, 6.07) is 0. The van der Waals surface area contributed by atoms with E-state index >= 15 is 0 Å². The summed E-state index contributed by atoms with van der Waals surface area (Å²) in [4.78, 5) is 7.35. The van der Waals surface area contributed by atoms with E-state index in [1.165, 1.54) is 3.57 Å². The molecule has 2 aromatic heterocycles. The van der Waals surface area contributed by atoms with Crippen molar-refractivity contribution in [3.8, 4) is 5.75 Å². The molecule has 2 aromatic rings. The maximum atomic E-state index is 5.20. The number of aryl methyl sites for hydroxylation is 1. The zero-order chi connectivity index (χ0) is 9.42. The summed E-state index contributed by atoms with van der Waals surface area (Å²) in [5.74, 6) is 0.838. The van der Waals surface area contributed by atoms with Crippen LogP contribution in [-0.4, -0.2) is 17.1 Å². The van der Waals surface area contributed by atoms with E-state index in [-0.39, 0.29) is 0 Å². The summed E-state index contributed by atoms with van der Waals surface area (Å²) in [5.41, 5.74) is 2.06. The molecule has 3 nitrogen and oxygen atoms in total. The number of hydrogen-bond acceptors (Lipinski definition) is 2. The maximum Gasteiger partial charge on any atom is 0.140 e. The molecule has 0 aliphatic rings. The van der Waals surface area contributed by atoms with Gasteiger partial charge in [-0.25, -0.2) is 4.98 Å². The molecule has 0 aliphatic carbocycles. The molecule has 0 aliphatic heterocycles. The van der Waals surface area contributed by atoms with Gasteiger partial charge in [-0.2, -0.15) is 0 Å². The number of ether oxygens (including phenoxy) is 1. The molecule has 0 aromatic carbocycles. The highest BCUT2D eigenvalue weighted by atomic mass is 127. The molecule has 0 amide bonds. The Balaban J connectivity index is 2.83. The number of aromatic amines is 1. The molecule has 0 spiro atoms. The summed E-state index contributed by atoms with van der Waals surface area (Å²) in [7, 11) is 1.66. The second-order valence-electron chi connectivity index (χ2n) is 2.81. The molecule has 13 heavy (non-hydrogen) atoms. The molecule has 0 atom stereocenters. The van der Waals surface area contributed by atoms with Crippen molar-refractivity contribution in [1.82, 2.24) is 9.97 Å². The molecule has 0 fully saturated rings. The van der Waals surface area contributed by atoms with Gasteiger partial charge in [0.25, 0.3) is 0 Å². The van der Waals surface area contributed by atoms with E-state index in [2.05, 4.69) is 32.6 Å². The predicted molar refractivity (Wildman–Crippen MR) is 60.1 cm³/mol. The van der Waals surface area contributed by atoms with Crippen LogP contribution < -0.4 is 4.74 Å². The molecule has 0 radical (unpaired) electrons. The fraction of sp³-hybridized carbons (Fsp3) is 0.222. The Morgan fingerprint density at radius 3 is 3.00 bits per heavy atom. The Labute approximate surface area is 89.6 Å². The average molecular weight is 288 g/mol. The lowest BCUT2D eigenvalue weighted by atomic mass is 10.2. The van der Waals surface area contributed by atoms with E-state index in [9.17, 15) is 0 Å². The van der Waals surface area contributed by atoms with Crippen LogP contribution in [0.25, 0.3) is 11.0 Å². The van der Waals surface area contributed by atoms with Gasteiger partial charge in [-0.15, -0.1) is 0 Å². The van der Waals surface area contributed by atoms with E-state index in [4.69, 9.17) is 4.74 Å². The van der Waals surface area contributed by atoms with Crippen LogP contribution in [0.2, 0.25) is 0 Å². The van der Waals surface area contributed by atoms with E-state index in [0.29, 0.717) is 0 Å². The Morgan fingerprint density at radius 2 is 2.31 bits per heavy atom. The number of fused-ring (bicyclic) bond motifs is 1. The van der Waals surface area contributed by atoms with Gasteiger partial charge in [0.15, 0.2) is 0 Å². The van der Waals surface area contributed by atoms with Gasteiger partial charge in [0.2, 0.25) is 0 Å². The van der Waals surface area contributed by atoms with Gasteiger partial charge in [-0.05, 0) is 29.5 Å². The van der Waals surface area contributed by atoms with Crippen molar-refractivity contribution in [2.24, 2.45) is 0 Å². The minimum absolute atomic E-state index is 0.838. The molecule has 2 rings (SSSR count). The van der Waals surface area contributed by atoms with Crippen molar-refractivity contribution in [2.75, 3.05) is 7.11 Å². The van der Waals surface area contributed by atoms with Crippen molar-refractivity contribution < 1.29 is 4.74 Å². The lowest BCUT2D eigenvalue weighted by Gasteiger charge is -2.04. The quantitative estimate of drug-likeness (QED) is 0.819. The number of methoxy groups -OCH3 is 1. The number of hydrogen-bond donors (Lipinski definition) is 1. The number of nitrogens with one attached hydrogen (secondary N) is 1. The van der Waals surface area contributed by atoms with Crippen molar-refractivity contribution >= 4 is 33.6 Å². The van der Waals surface area contributed by atoms with Gasteiger partial charge >= 0.3 is 0 Å². The summed E-state index contributed by atoms with van der Waals surface area (Å²) < 4.78 is 6.38. The molecule has 0 saturated heterocycles. The normalized spacial score (nSPS) is 10.7. The molecule has 0 saturated carbocycles. The van der Waals surface area contributed by atoms with E-state index in [1.54, 1.807) is 13.3 Å². The van der Waals surface area contributed by atoms with Crippen LogP contribution >= 0.6 is 22.6 Å². The predicted octanol–water partition coefficient (Wildman–Crippen LogP) is 2.48. The lowest BCUT2D eigenvalue weighted by Crippen LogP contribution is -1.89. The largest absolute Gasteiger partial charge is 0.495 e. The van der Waals surface area contributed by atoms with Crippen LogP contribution in [0.3, 0.4) is 0 Å². The van der Waals surface area contributed by atoms with Crippen molar-refractivity contribution in [2.45, 2.75) is 6.92 Å². The number of aromatic nitrogens is 2. The zero-order valence-electron chi connectivity index (χ0n) is 7.39. The molecule has 0 unspecified atom stereocenters. The van der Waals surface area contributed by atoms with E-state index < -0.39 is 0 Å².